The Balaban J connectivity index is 1.58. The van der Waals surface area contributed by atoms with E-state index in [-0.39, 0.29) is 17.5 Å². The molecule has 4 heteroatoms. The molecule has 1 aliphatic heterocycles. The van der Waals surface area contributed by atoms with E-state index in [1.165, 1.54) is 73.4 Å². The van der Waals surface area contributed by atoms with E-state index in [0.29, 0.717) is 0 Å². The van der Waals surface area contributed by atoms with E-state index in [9.17, 15) is 0 Å². The molecule has 2 aliphatic rings. The molecule has 0 radical (unpaired) electrons. The summed E-state index contributed by atoms with van der Waals surface area (Å²) in [5.74, 6) is 1.01. The number of nitrogens with zero attached hydrogens (tertiary/aromatic N) is 3. The van der Waals surface area contributed by atoms with Crippen molar-refractivity contribution in [2.24, 2.45) is 0 Å². The van der Waals surface area contributed by atoms with Crippen molar-refractivity contribution < 1.29 is 0 Å². The molecular weight excluding hydrogens is 473 g/mol. The highest BCUT2D eigenvalue weighted by atomic mass is 15.2. The summed E-state index contributed by atoms with van der Waals surface area (Å²) >= 11 is 0. The lowest BCUT2D eigenvalue weighted by Gasteiger charge is -2.41. The molecule has 8 rings (SSSR count). The van der Waals surface area contributed by atoms with Crippen LogP contribution in [0.1, 0.15) is 65.5 Å². The summed E-state index contributed by atoms with van der Waals surface area (Å²) in [4.78, 5) is 5.43. The van der Waals surface area contributed by atoms with Gasteiger partial charge in [0.1, 0.15) is 0 Å². The minimum absolute atomic E-state index is 0.149. The smallest absolute Gasteiger partial charge is 0.241 e. The molecule has 0 amide bonds. The van der Waals surface area contributed by atoms with Crippen molar-refractivity contribution in [2.45, 2.75) is 65.2 Å². The fraction of sp³-hybridized carbons (Fsp3) is 0.286. The topological polar surface area (TPSA) is 22.2 Å². The quantitative estimate of drug-likeness (QED) is 0.213. The zero-order valence-electron chi connectivity index (χ0n) is 23.8. The normalized spacial score (nSPS) is 18.1. The van der Waals surface area contributed by atoms with Crippen LogP contribution in [-0.4, -0.2) is 20.7 Å². The summed E-state index contributed by atoms with van der Waals surface area (Å²) in [5.41, 5.74) is 13.5. The zero-order chi connectivity index (χ0) is 26.8. The lowest BCUT2D eigenvalue weighted by Crippen LogP contribution is -2.47. The molecule has 192 valence electrons. The molecule has 39 heavy (non-hydrogen) atoms. The molecule has 3 nitrogen and oxygen atoms in total. The van der Waals surface area contributed by atoms with Crippen LogP contribution in [0.15, 0.2) is 78.3 Å². The van der Waals surface area contributed by atoms with Gasteiger partial charge in [0, 0.05) is 11.1 Å². The summed E-state index contributed by atoms with van der Waals surface area (Å²) in [6.45, 7) is 14.4. The summed E-state index contributed by atoms with van der Waals surface area (Å²) < 4.78 is 4.89. The second-order valence-electron chi connectivity index (χ2n) is 13.2. The van der Waals surface area contributed by atoms with Crippen LogP contribution in [0.4, 0.5) is 0 Å². The molecule has 1 aliphatic carbocycles. The lowest BCUT2D eigenvalue weighted by atomic mass is 9.35. The third-order valence-corrected chi connectivity index (χ3v) is 10.1. The number of benzene rings is 4. The maximum Gasteiger partial charge on any atom is 0.241 e. The van der Waals surface area contributed by atoms with Crippen molar-refractivity contribution in [2.75, 3.05) is 0 Å². The zero-order valence-corrected chi connectivity index (χ0v) is 23.8. The van der Waals surface area contributed by atoms with Gasteiger partial charge in [-0.25, -0.2) is 4.98 Å². The maximum absolute atomic E-state index is 5.43. The fourth-order valence-electron chi connectivity index (χ4n) is 7.64. The van der Waals surface area contributed by atoms with Gasteiger partial charge in [0.15, 0.2) is 0 Å². The largest absolute Gasteiger partial charge is 0.285 e. The first-order chi connectivity index (χ1) is 18.7. The van der Waals surface area contributed by atoms with E-state index in [1.807, 2.05) is 0 Å². The Kier molecular flexibility index (Phi) is 4.41. The third kappa shape index (κ3) is 2.92. The molecule has 0 fully saturated rings. The molecular formula is C35H34BN3. The first-order valence-corrected chi connectivity index (χ1v) is 14.3. The van der Waals surface area contributed by atoms with Gasteiger partial charge in [-0.05, 0) is 77.7 Å². The van der Waals surface area contributed by atoms with Gasteiger partial charge < -0.3 is 0 Å². The third-order valence-electron chi connectivity index (χ3n) is 10.1. The number of hydrogen-bond acceptors (Lipinski definition) is 1. The number of rotatable bonds is 1. The van der Waals surface area contributed by atoms with E-state index in [2.05, 4.69) is 123 Å². The first kappa shape index (κ1) is 23.1. The van der Waals surface area contributed by atoms with Gasteiger partial charge in [0.05, 0.1) is 22.1 Å². The van der Waals surface area contributed by atoms with Gasteiger partial charge in [-0.3, -0.25) is 8.97 Å². The van der Waals surface area contributed by atoms with Crippen LogP contribution in [0.25, 0.3) is 44.3 Å². The number of imidazole rings is 1. The average Bonchev–Trinajstić information content (AvgIpc) is 3.30. The number of fused-ring (bicyclic) bond motifs is 6. The average molecular weight is 507 g/mol. The summed E-state index contributed by atoms with van der Waals surface area (Å²) in [6.07, 6.45) is 2.41. The van der Waals surface area contributed by atoms with Crippen LogP contribution in [0.2, 0.25) is 0 Å². The minimum Gasteiger partial charge on any atom is -0.285 e. The van der Waals surface area contributed by atoms with Gasteiger partial charge >= 0.3 is 0 Å². The molecule has 0 spiro atoms. The first-order valence-electron chi connectivity index (χ1n) is 14.3. The predicted octanol–water partition coefficient (Wildman–Crippen LogP) is 7.36. The van der Waals surface area contributed by atoms with E-state index in [0.717, 1.165) is 11.3 Å². The highest BCUT2D eigenvalue weighted by Gasteiger charge is 2.38. The molecule has 0 N–H and O–H groups in total. The van der Waals surface area contributed by atoms with E-state index in [1.54, 1.807) is 0 Å². The molecule has 0 saturated carbocycles. The van der Waals surface area contributed by atoms with Crippen molar-refractivity contribution in [1.29, 1.82) is 0 Å². The van der Waals surface area contributed by atoms with Crippen LogP contribution >= 0.6 is 0 Å². The summed E-state index contributed by atoms with van der Waals surface area (Å²) in [7, 11) is 0. The lowest BCUT2D eigenvalue weighted by molar-refractivity contribution is 0.332. The second-order valence-corrected chi connectivity index (χ2v) is 13.2. The molecule has 0 saturated heterocycles. The minimum atomic E-state index is 0.149. The van der Waals surface area contributed by atoms with Gasteiger partial charge in [-0.2, -0.15) is 0 Å². The number of allylic oxidation sites excluding steroid dienone is 2. The Hall–Kier alpha value is -3.79. The van der Waals surface area contributed by atoms with Gasteiger partial charge in [-0.1, -0.05) is 93.2 Å². The van der Waals surface area contributed by atoms with Gasteiger partial charge in [-0.15, -0.1) is 0 Å². The van der Waals surface area contributed by atoms with E-state index in [4.69, 9.17) is 4.98 Å². The standard InChI is InChI=1S/C35H34BN3/c1-21-22(2)38-32-27(36(21)24-12-8-7-9-13-24)16-15-23-11-10-14-29(31(23)32)39-30-20-26-25(19-28(30)37-33(38)39)34(3,4)17-18-35(26,5)6/h7-16,19-20H,17-18H2,1-6H3. The molecule has 0 unspecified atom stereocenters. The monoisotopic (exact) mass is 507 g/mol. The van der Waals surface area contributed by atoms with E-state index < -0.39 is 0 Å². The van der Waals surface area contributed by atoms with Crippen LogP contribution in [-0.2, 0) is 10.8 Å². The Labute approximate surface area is 230 Å². The van der Waals surface area contributed by atoms with Crippen LogP contribution < -0.4 is 10.9 Å². The molecule has 3 heterocycles. The van der Waals surface area contributed by atoms with Crippen molar-refractivity contribution in [3.05, 3.63) is 89.4 Å². The van der Waals surface area contributed by atoms with Crippen LogP contribution in [0.3, 0.4) is 0 Å². The molecule has 6 aromatic rings. The van der Waals surface area contributed by atoms with Crippen molar-refractivity contribution in [1.82, 2.24) is 14.0 Å². The van der Waals surface area contributed by atoms with Gasteiger partial charge in [0.2, 0.25) is 12.5 Å². The highest BCUT2D eigenvalue weighted by Crippen LogP contribution is 2.47. The van der Waals surface area contributed by atoms with Gasteiger partial charge in [0.25, 0.3) is 0 Å². The maximum atomic E-state index is 5.43. The van der Waals surface area contributed by atoms with Crippen LogP contribution in [0.5, 0.6) is 0 Å². The fourth-order valence-corrected chi connectivity index (χ4v) is 7.64. The SMILES string of the molecule is CC1=C(C)n2c3c(ccc4cccc(c43)n3c4cc5c(cc4nc23)C(C)(C)CCC5(C)C)B1c1ccccc1. The second kappa shape index (κ2) is 7.44. The molecule has 4 aromatic carbocycles. The van der Waals surface area contributed by atoms with Crippen LogP contribution in [0, 0.1) is 0 Å². The number of aromatic nitrogens is 3. The van der Waals surface area contributed by atoms with Crippen molar-refractivity contribution in [3.63, 3.8) is 0 Å². The Morgan fingerprint density at radius 2 is 1.49 bits per heavy atom. The molecule has 2 aromatic heterocycles. The highest BCUT2D eigenvalue weighted by molar-refractivity contribution is 6.93. The Bertz CT molecular complexity index is 2040. The predicted molar refractivity (Wildman–Crippen MR) is 167 cm³/mol. The molecule has 0 bridgehead atoms. The number of hydrogen-bond donors (Lipinski definition) is 0. The summed E-state index contributed by atoms with van der Waals surface area (Å²) in [5, 5.41) is 2.61. The van der Waals surface area contributed by atoms with Crippen molar-refractivity contribution >= 4 is 62.0 Å². The van der Waals surface area contributed by atoms with E-state index >= 15 is 0 Å². The molecule has 0 atom stereocenters. The Morgan fingerprint density at radius 3 is 2.23 bits per heavy atom. The summed E-state index contributed by atoms with van der Waals surface area (Å²) in [6, 6.07) is 27.3. The van der Waals surface area contributed by atoms with Crippen molar-refractivity contribution in [3.8, 4) is 0 Å². The Morgan fingerprint density at radius 1 is 0.769 bits per heavy atom.